The van der Waals surface area contributed by atoms with Gasteiger partial charge in [0.15, 0.2) is 0 Å². The summed E-state index contributed by atoms with van der Waals surface area (Å²) in [5.41, 5.74) is -0.211. The Morgan fingerprint density at radius 3 is 2.50 bits per heavy atom. The predicted molar refractivity (Wildman–Crippen MR) is 53.0 cm³/mol. The summed E-state index contributed by atoms with van der Waals surface area (Å²) in [6.45, 7) is 8.88. The van der Waals surface area contributed by atoms with E-state index in [9.17, 15) is 4.79 Å². The van der Waals surface area contributed by atoms with Crippen molar-refractivity contribution < 1.29 is 14.3 Å². The van der Waals surface area contributed by atoms with E-state index in [4.69, 9.17) is 9.47 Å². The van der Waals surface area contributed by atoms with Crippen molar-refractivity contribution in [3.8, 4) is 0 Å². The van der Waals surface area contributed by atoms with Crippen molar-refractivity contribution in [2.45, 2.75) is 45.4 Å². The molecule has 2 atom stereocenters. The summed E-state index contributed by atoms with van der Waals surface area (Å²) in [5.74, 6) is -0.215. The number of hydrogen-bond acceptors (Lipinski definition) is 4. The fraction of sp³-hybridized carbons (Fsp3) is 0.900. The molecule has 1 rings (SSSR count). The smallest absolute Gasteiger partial charge is 0.325 e. The molecule has 4 nitrogen and oxygen atoms in total. The average Bonchev–Trinajstić information content (AvgIpc) is 1.97. The molecule has 4 heteroatoms. The lowest BCUT2D eigenvalue weighted by Crippen LogP contribution is -2.64. The molecule has 0 aromatic carbocycles. The van der Waals surface area contributed by atoms with Gasteiger partial charge >= 0.3 is 5.97 Å². The van der Waals surface area contributed by atoms with Gasteiger partial charge in [0.2, 0.25) is 0 Å². The standard InChI is InChI=1S/C10H19NO3/c1-5-13-9(12)8-7(6-11-8)14-10(2,3)4/h7-8,11H,5-6H2,1-4H3/t7-,8-/m1/s1. The van der Waals surface area contributed by atoms with Crippen molar-refractivity contribution in [2.24, 2.45) is 0 Å². The molecule has 14 heavy (non-hydrogen) atoms. The zero-order chi connectivity index (χ0) is 10.8. The molecule has 0 unspecified atom stereocenters. The maximum atomic E-state index is 11.4. The third kappa shape index (κ3) is 2.96. The summed E-state index contributed by atoms with van der Waals surface area (Å²) in [6, 6.07) is -0.283. The topological polar surface area (TPSA) is 47.6 Å². The van der Waals surface area contributed by atoms with Gasteiger partial charge < -0.3 is 9.47 Å². The summed E-state index contributed by atoms with van der Waals surface area (Å²) >= 11 is 0. The highest BCUT2D eigenvalue weighted by atomic mass is 16.5. The first-order chi connectivity index (χ1) is 6.44. The van der Waals surface area contributed by atoms with Crippen molar-refractivity contribution in [1.29, 1.82) is 0 Å². The second-order valence-corrected chi connectivity index (χ2v) is 4.41. The van der Waals surface area contributed by atoms with Gasteiger partial charge in [0.05, 0.1) is 18.3 Å². The maximum Gasteiger partial charge on any atom is 0.325 e. The highest BCUT2D eigenvalue weighted by Crippen LogP contribution is 2.18. The van der Waals surface area contributed by atoms with E-state index >= 15 is 0 Å². The van der Waals surface area contributed by atoms with Crippen LogP contribution in [0.25, 0.3) is 0 Å². The fourth-order valence-electron chi connectivity index (χ4n) is 1.36. The lowest BCUT2D eigenvalue weighted by atomic mass is 10.0. The first-order valence-electron chi connectivity index (χ1n) is 5.02. The Hall–Kier alpha value is -0.610. The molecule has 1 saturated heterocycles. The van der Waals surface area contributed by atoms with Gasteiger partial charge in [-0.15, -0.1) is 0 Å². The van der Waals surface area contributed by atoms with Crippen molar-refractivity contribution >= 4 is 5.97 Å². The van der Waals surface area contributed by atoms with Crippen LogP contribution in [-0.4, -0.2) is 36.9 Å². The van der Waals surface area contributed by atoms with Crippen LogP contribution in [0.5, 0.6) is 0 Å². The SMILES string of the molecule is CCOC(=O)[C@@H]1NC[C@H]1OC(C)(C)C. The molecule has 1 aliphatic heterocycles. The fourth-order valence-corrected chi connectivity index (χ4v) is 1.36. The Morgan fingerprint density at radius 1 is 1.50 bits per heavy atom. The molecule has 0 aromatic heterocycles. The summed E-state index contributed by atoms with van der Waals surface area (Å²) in [4.78, 5) is 11.4. The number of esters is 1. The Balaban J connectivity index is 2.39. The molecule has 0 saturated carbocycles. The van der Waals surface area contributed by atoms with E-state index in [2.05, 4.69) is 5.32 Å². The molecule has 0 amide bonds. The first-order valence-corrected chi connectivity index (χ1v) is 5.02. The van der Waals surface area contributed by atoms with Gasteiger partial charge in [0.1, 0.15) is 6.04 Å². The molecule has 0 radical (unpaired) electrons. The van der Waals surface area contributed by atoms with Crippen molar-refractivity contribution in [3.05, 3.63) is 0 Å². The van der Waals surface area contributed by atoms with Gasteiger partial charge in [0.25, 0.3) is 0 Å². The first kappa shape index (κ1) is 11.5. The van der Waals surface area contributed by atoms with Gasteiger partial charge in [0, 0.05) is 6.54 Å². The molecular formula is C10H19NO3. The van der Waals surface area contributed by atoms with Crippen molar-refractivity contribution in [2.75, 3.05) is 13.2 Å². The zero-order valence-electron chi connectivity index (χ0n) is 9.29. The molecule has 0 aromatic rings. The zero-order valence-corrected chi connectivity index (χ0v) is 9.29. The number of nitrogens with one attached hydrogen (secondary N) is 1. The summed E-state index contributed by atoms with van der Waals surface area (Å²) in [7, 11) is 0. The molecule has 1 fully saturated rings. The Labute approximate surface area is 85.0 Å². The van der Waals surface area contributed by atoms with Crippen LogP contribution in [-0.2, 0) is 14.3 Å². The predicted octanol–water partition coefficient (Wildman–Crippen LogP) is 0.705. The van der Waals surface area contributed by atoms with Crippen LogP contribution in [0.4, 0.5) is 0 Å². The molecular weight excluding hydrogens is 182 g/mol. The normalized spacial score (nSPS) is 26.9. The van der Waals surface area contributed by atoms with E-state index in [1.165, 1.54) is 0 Å². The summed E-state index contributed by atoms with van der Waals surface area (Å²) in [5, 5.41) is 3.00. The van der Waals surface area contributed by atoms with Gasteiger partial charge in [-0.25, -0.2) is 0 Å². The van der Waals surface area contributed by atoms with E-state index in [1.807, 2.05) is 20.8 Å². The second kappa shape index (κ2) is 4.28. The monoisotopic (exact) mass is 201 g/mol. The Bertz CT molecular complexity index is 210. The third-order valence-corrected chi connectivity index (χ3v) is 1.96. The van der Waals surface area contributed by atoms with Crippen LogP contribution in [0.3, 0.4) is 0 Å². The van der Waals surface area contributed by atoms with Gasteiger partial charge in [-0.05, 0) is 27.7 Å². The minimum atomic E-state index is -0.283. The largest absolute Gasteiger partial charge is 0.465 e. The summed E-state index contributed by atoms with van der Waals surface area (Å²) in [6.07, 6.45) is -0.0472. The van der Waals surface area contributed by atoms with Crippen LogP contribution >= 0.6 is 0 Å². The molecule has 0 spiro atoms. The number of hydrogen-bond donors (Lipinski definition) is 1. The van der Waals surface area contributed by atoms with E-state index in [0.717, 1.165) is 6.54 Å². The van der Waals surface area contributed by atoms with E-state index in [0.29, 0.717) is 6.61 Å². The van der Waals surface area contributed by atoms with Crippen LogP contribution in [0, 0.1) is 0 Å². The third-order valence-electron chi connectivity index (χ3n) is 1.96. The molecule has 0 aliphatic carbocycles. The molecule has 0 bridgehead atoms. The van der Waals surface area contributed by atoms with E-state index in [1.54, 1.807) is 6.92 Å². The molecule has 1 heterocycles. The maximum absolute atomic E-state index is 11.4. The van der Waals surface area contributed by atoms with Gasteiger partial charge in [-0.2, -0.15) is 0 Å². The number of carbonyl (C=O) groups excluding carboxylic acids is 1. The van der Waals surface area contributed by atoms with Gasteiger partial charge in [-0.3, -0.25) is 10.1 Å². The van der Waals surface area contributed by atoms with Crippen molar-refractivity contribution in [1.82, 2.24) is 5.32 Å². The second-order valence-electron chi connectivity index (χ2n) is 4.41. The minimum Gasteiger partial charge on any atom is -0.465 e. The number of rotatable bonds is 3. The van der Waals surface area contributed by atoms with Crippen LogP contribution in [0.1, 0.15) is 27.7 Å². The van der Waals surface area contributed by atoms with E-state index in [-0.39, 0.29) is 23.7 Å². The Morgan fingerprint density at radius 2 is 2.14 bits per heavy atom. The van der Waals surface area contributed by atoms with E-state index < -0.39 is 0 Å². The van der Waals surface area contributed by atoms with Crippen molar-refractivity contribution in [3.63, 3.8) is 0 Å². The van der Waals surface area contributed by atoms with Crippen LogP contribution in [0.15, 0.2) is 0 Å². The highest BCUT2D eigenvalue weighted by molar-refractivity contribution is 5.77. The summed E-state index contributed by atoms with van der Waals surface area (Å²) < 4.78 is 10.6. The minimum absolute atomic E-state index is 0.0472. The van der Waals surface area contributed by atoms with Crippen LogP contribution in [0.2, 0.25) is 0 Å². The molecule has 1 aliphatic rings. The average molecular weight is 201 g/mol. The number of carbonyl (C=O) groups is 1. The Kier molecular flexibility index (Phi) is 3.50. The molecule has 82 valence electrons. The van der Waals surface area contributed by atoms with Gasteiger partial charge in [-0.1, -0.05) is 0 Å². The van der Waals surface area contributed by atoms with Crippen LogP contribution < -0.4 is 5.32 Å². The highest BCUT2D eigenvalue weighted by Gasteiger charge is 2.40. The quantitative estimate of drug-likeness (QED) is 0.683. The number of ether oxygens (including phenoxy) is 2. The molecule has 1 N–H and O–H groups in total. The lowest BCUT2D eigenvalue weighted by molar-refractivity contribution is -0.162. The lowest BCUT2D eigenvalue weighted by Gasteiger charge is -2.39.